The third kappa shape index (κ3) is 1.92. The van der Waals surface area contributed by atoms with Crippen molar-refractivity contribution in [2.75, 3.05) is 0 Å². The molecular weight excluding hydrogens is 336 g/mol. The van der Waals surface area contributed by atoms with Gasteiger partial charge in [0, 0.05) is 0 Å². The second kappa shape index (κ2) is 6.50. The summed E-state index contributed by atoms with van der Waals surface area (Å²) in [6.07, 6.45) is 2.58. The molecule has 0 saturated heterocycles. The molecule has 0 aromatic rings. The van der Waals surface area contributed by atoms with Crippen molar-refractivity contribution in [2.24, 2.45) is 62.1 Å². The Morgan fingerprint density at radius 3 is 1.64 bits per heavy atom. The molecule has 28 heavy (non-hydrogen) atoms. The van der Waals surface area contributed by atoms with E-state index in [0.717, 1.165) is 23.7 Å². The van der Waals surface area contributed by atoms with Crippen molar-refractivity contribution < 1.29 is 0 Å². The van der Waals surface area contributed by atoms with Crippen molar-refractivity contribution in [3.8, 4) is 0 Å². The van der Waals surface area contributed by atoms with Crippen LogP contribution in [-0.2, 0) is 0 Å². The molecule has 2 aliphatic rings. The quantitative estimate of drug-likeness (QED) is 0.406. The first kappa shape index (κ1) is 24.3. The van der Waals surface area contributed by atoms with Crippen LogP contribution in [0.15, 0.2) is 0 Å². The highest BCUT2D eigenvalue weighted by atomic mass is 15.0. The van der Waals surface area contributed by atoms with Gasteiger partial charge in [0.1, 0.15) is 0 Å². The van der Waals surface area contributed by atoms with Gasteiger partial charge >= 0.3 is 0 Å². The maximum atomic E-state index is 2.72. The lowest BCUT2D eigenvalue weighted by atomic mass is 9.06. The Morgan fingerprint density at radius 1 is 0.821 bits per heavy atom. The van der Waals surface area contributed by atoms with Gasteiger partial charge in [0.05, 0.1) is 0 Å². The van der Waals surface area contributed by atoms with Crippen LogP contribution in [0.2, 0.25) is 0 Å². The van der Waals surface area contributed by atoms with E-state index in [1.807, 2.05) is 0 Å². The fraction of sp³-hybridized carbons (Fsp3) is 1.00. The molecular formula is C28H54. The predicted molar refractivity (Wildman–Crippen MR) is 126 cm³/mol. The van der Waals surface area contributed by atoms with Crippen molar-refractivity contribution in [3.05, 3.63) is 0 Å². The zero-order valence-electron chi connectivity index (χ0n) is 22.3. The van der Waals surface area contributed by atoms with E-state index in [1.54, 1.807) is 0 Å². The van der Waals surface area contributed by atoms with E-state index in [4.69, 9.17) is 0 Å². The maximum Gasteiger partial charge on any atom is -0.0140 e. The maximum absolute atomic E-state index is 2.72. The van der Waals surface area contributed by atoms with Gasteiger partial charge in [-0.05, 0) is 62.1 Å². The largest absolute Gasteiger partial charge is 0.0651 e. The molecule has 0 heterocycles. The molecule has 2 fully saturated rings. The SMILES string of the molecule is CCC(C)C(C)C1(C)C(C)C2(C)C(C)(C(C)CC)C(C)(C(C)(C)C(C)C)C12C. The minimum atomic E-state index is 0.302. The number of fused-ring (bicyclic) bond motifs is 1. The van der Waals surface area contributed by atoms with Gasteiger partial charge in [-0.25, -0.2) is 0 Å². The van der Waals surface area contributed by atoms with Crippen LogP contribution in [-0.4, -0.2) is 0 Å². The summed E-state index contributed by atoms with van der Waals surface area (Å²) in [4.78, 5) is 0. The van der Waals surface area contributed by atoms with Crippen LogP contribution in [0.5, 0.6) is 0 Å². The molecule has 0 nitrogen and oxygen atoms in total. The lowest BCUT2D eigenvalue weighted by Crippen LogP contribution is -2.94. The molecule has 9 unspecified atom stereocenters. The molecule has 0 radical (unpaired) electrons. The van der Waals surface area contributed by atoms with Gasteiger partial charge in [-0.15, -0.1) is 0 Å². The van der Waals surface area contributed by atoms with E-state index >= 15 is 0 Å². The highest BCUT2D eigenvalue weighted by Crippen LogP contribution is 2.99. The minimum absolute atomic E-state index is 0.302. The summed E-state index contributed by atoms with van der Waals surface area (Å²) in [5.41, 5.74) is 2.15. The van der Waals surface area contributed by atoms with E-state index < -0.39 is 0 Å². The first-order valence-corrected chi connectivity index (χ1v) is 12.5. The average Bonchev–Trinajstić information content (AvgIpc) is 2.67. The summed E-state index contributed by atoms with van der Waals surface area (Å²) in [5.74, 6) is 3.75. The van der Waals surface area contributed by atoms with E-state index in [-0.39, 0.29) is 0 Å². The predicted octanol–water partition coefficient (Wildman–Crippen LogP) is 9.09. The van der Waals surface area contributed by atoms with Crippen LogP contribution < -0.4 is 0 Å². The van der Waals surface area contributed by atoms with Crippen molar-refractivity contribution in [1.82, 2.24) is 0 Å². The topological polar surface area (TPSA) is 0 Å². The smallest absolute Gasteiger partial charge is 0.0140 e. The summed E-state index contributed by atoms with van der Waals surface area (Å²) in [6, 6.07) is 0. The Kier molecular flexibility index (Phi) is 5.63. The number of hydrogen-bond donors (Lipinski definition) is 0. The van der Waals surface area contributed by atoms with Crippen LogP contribution in [0.4, 0.5) is 0 Å². The van der Waals surface area contributed by atoms with Gasteiger partial charge < -0.3 is 0 Å². The lowest BCUT2D eigenvalue weighted by Gasteiger charge is -2.98. The van der Waals surface area contributed by atoms with Crippen LogP contribution in [0.3, 0.4) is 0 Å². The summed E-state index contributed by atoms with van der Waals surface area (Å²) in [6.45, 7) is 38.7. The van der Waals surface area contributed by atoms with E-state index in [0.29, 0.717) is 38.4 Å². The molecule has 2 aliphatic carbocycles. The molecule has 0 amide bonds. The van der Waals surface area contributed by atoms with Gasteiger partial charge in [0.25, 0.3) is 0 Å². The molecule has 0 bridgehead atoms. The first-order chi connectivity index (χ1) is 12.5. The summed E-state index contributed by atoms with van der Waals surface area (Å²) >= 11 is 0. The van der Waals surface area contributed by atoms with Crippen molar-refractivity contribution in [2.45, 2.75) is 117 Å². The molecule has 166 valence electrons. The van der Waals surface area contributed by atoms with Gasteiger partial charge in [0.15, 0.2) is 0 Å². The number of hydrogen-bond acceptors (Lipinski definition) is 0. The highest BCUT2D eigenvalue weighted by molar-refractivity contribution is 5.41. The van der Waals surface area contributed by atoms with Crippen LogP contribution in [0, 0.1) is 62.1 Å². The summed E-state index contributed by atoms with van der Waals surface area (Å²) in [7, 11) is 0. The minimum Gasteiger partial charge on any atom is -0.0651 e. The third-order valence-corrected chi connectivity index (χ3v) is 13.8. The van der Waals surface area contributed by atoms with E-state index in [2.05, 4.69) is 104 Å². The Hall–Kier alpha value is 0. The molecule has 0 spiro atoms. The Labute approximate surface area is 179 Å². The highest BCUT2D eigenvalue weighted by Gasteiger charge is 2.95. The third-order valence-electron chi connectivity index (χ3n) is 13.8. The molecule has 0 aliphatic heterocycles. The lowest BCUT2D eigenvalue weighted by molar-refractivity contribution is -0.515. The normalized spacial score (nSPS) is 49.1. The van der Waals surface area contributed by atoms with Crippen molar-refractivity contribution in [1.29, 1.82) is 0 Å². The fourth-order valence-electron chi connectivity index (χ4n) is 10.0. The Bertz CT molecular complexity index is 589. The van der Waals surface area contributed by atoms with E-state index in [1.165, 1.54) is 12.8 Å². The van der Waals surface area contributed by atoms with Crippen molar-refractivity contribution in [3.63, 3.8) is 0 Å². The van der Waals surface area contributed by atoms with Crippen LogP contribution >= 0.6 is 0 Å². The summed E-state index contributed by atoms with van der Waals surface area (Å²) in [5, 5.41) is 0. The van der Waals surface area contributed by atoms with Gasteiger partial charge in [-0.1, -0.05) is 117 Å². The molecule has 0 N–H and O–H groups in total. The second-order valence-corrected chi connectivity index (χ2v) is 13.0. The number of rotatable bonds is 7. The average molecular weight is 391 g/mol. The standard InChI is InChI=1S/C28H54/c1-16-19(5)21(7)24(11)22(8)26(13)25(12,20(6)17-2)27(14,28(24,26)15)23(9,10)18(3)4/h18-22H,16-17H2,1-15H3. The monoisotopic (exact) mass is 390 g/mol. The van der Waals surface area contributed by atoms with Crippen LogP contribution in [0.25, 0.3) is 0 Å². The first-order valence-electron chi connectivity index (χ1n) is 12.5. The van der Waals surface area contributed by atoms with Gasteiger partial charge in [-0.2, -0.15) is 0 Å². The Balaban J connectivity index is 2.82. The molecule has 9 atom stereocenters. The molecule has 0 heteroatoms. The van der Waals surface area contributed by atoms with E-state index in [9.17, 15) is 0 Å². The zero-order valence-corrected chi connectivity index (χ0v) is 22.3. The van der Waals surface area contributed by atoms with Gasteiger partial charge in [0.2, 0.25) is 0 Å². The Morgan fingerprint density at radius 2 is 1.29 bits per heavy atom. The van der Waals surface area contributed by atoms with Crippen molar-refractivity contribution >= 4 is 0 Å². The molecule has 0 aromatic heterocycles. The van der Waals surface area contributed by atoms with Gasteiger partial charge in [-0.3, -0.25) is 0 Å². The molecule has 2 rings (SSSR count). The fourth-order valence-corrected chi connectivity index (χ4v) is 10.0. The van der Waals surface area contributed by atoms with Crippen LogP contribution in [0.1, 0.15) is 117 Å². The molecule has 2 saturated carbocycles. The summed E-state index contributed by atoms with van der Waals surface area (Å²) < 4.78 is 0. The second-order valence-electron chi connectivity index (χ2n) is 13.0. The zero-order chi connectivity index (χ0) is 22.3. The molecule has 0 aromatic carbocycles.